The monoisotopic (exact) mass is 235 g/mol. The minimum Gasteiger partial charge on any atom is -0.372 e. The zero-order chi connectivity index (χ0) is 12.5. The van der Waals surface area contributed by atoms with Gasteiger partial charge in [0, 0.05) is 13.2 Å². The van der Waals surface area contributed by atoms with Gasteiger partial charge in [-0.2, -0.15) is 0 Å². The van der Waals surface area contributed by atoms with Gasteiger partial charge in [0.2, 0.25) is 0 Å². The fourth-order valence-corrected chi connectivity index (χ4v) is 1.70. The van der Waals surface area contributed by atoms with Crippen molar-refractivity contribution < 1.29 is 4.74 Å². The molecule has 0 fully saturated rings. The van der Waals surface area contributed by atoms with E-state index >= 15 is 0 Å². The second-order valence-corrected chi connectivity index (χ2v) is 4.43. The Morgan fingerprint density at radius 2 is 1.88 bits per heavy atom. The molecule has 1 aromatic carbocycles. The lowest BCUT2D eigenvalue weighted by Crippen LogP contribution is -2.23. The molecule has 2 heteroatoms. The average Bonchev–Trinajstić information content (AvgIpc) is 2.35. The Hall–Kier alpha value is -0.860. The molecule has 0 amide bonds. The van der Waals surface area contributed by atoms with Crippen LogP contribution in [0.1, 0.15) is 43.9 Å². The quantitative estimate of drug-likeness (QED) is 0.697. The Morgan fingerprint density at radius 3 is 2.47 bits per heavy atom. The number of rotatable bonds is 8. The zero-order valence-electron chi connectivity index (χ0n) is 11.3. The van der Waals surface area contributed by atoms with Gasteiger partial charge < -0.3 is 10.1 Å². The molecule has 0 radical (unpaired) electrons. The van der Waals surface area contributed by atoms with Crippen LogP contribution in [0.15, 0.2) is 24.3 Å². The highest BCUT2D eigenvalue weighted by molar-refractivity contribution is 5.23. The molecule has 2 nitrogen and oxygen atoms in total. The largest absolute Gasteiger partial charge is 0.372 e. The lowest BCUT2D eigenvalue weighted by molar-refractivity contribution is 0.0510. The smallest absolute Gasteiger partial charge is 0.0949 e. The van der Waals surface area contributed by atoms with Crippen molar-refractivity contribution in [1.82, 2.24) is 5.32 Å². The molecule has 0 spiro atoms. The van der Waals surface area contributed by atoms with Crippen molar-refractivity contribution in [3.05, 3.63) is 35.4 Å². The van der Waals surface area contributed by atoms with E-state index in [-0.39, 0.29) is 6.10 Å². The zero-order valence-corrected chi connectivity index (χ0v) is 11.3. The second kappa shape index (κ2) is 8.26. The van der Waals surface area contributed by atoms with Gasteiger partial charge in [-0.15, -0.1) is 0 Å². The summed E-state index contributed by atoms with van der Waals surface area (Å²) in [5.41, 5.74) is 2.57. The summed E-state index contributed by atoms with van der Waals surface area (Å²) in [5.74, 6) is 0. The van der Waals surface area contributed by atoms with Crippen LogP contribution in [0.25, 0.3) is 0 Å². The van der Waals surface area contributed by atoms with Gasteiger partial charge in [-0.25, -0.2) is 0 Å². The summed E-state index contributed by atoms with van der Waals surface area (Å²) in [6, 6.07) is 8.64. The third-order valence-corrected chi connectivity index (χ3v) is 2.85. The van der Waals surface area contributed by atoms with Crippen molar-refractivity contribution in [2.24, 2.45) is 0 Å². The van der Waals surface area contributed by atoms with Gasteiger partial charge >= 0.3 is 0 Å². The Balaban J connectivity index is 2.57. The number of nitrogens with one attached hydrogen (secondary N) is 1. The third-order valence-electron chi connectivity index (χ3n) is 2.85. The Labute approximate surface area is 105 Å². The standard InChI is InChI=1S/C15H25NO/c1-4-6-11-17-15(12-16-5-2)14-9-7-13(3)8-10-14/h7-10,15-16H,4-6,11-12H2,1-3H3. The first-order valence-electron chi connectivity index (χ1n) is 6.66. The summed E-state index contributed by atoms with van der Waals surface area (Å²) in [4.78, 5) is 0. The van der Waals surface area contributed by atoms with Gasteiger partial charge in [0.15, 0.2) is 0 Å². The van der Waals surface area contributed by atoms with Crippen LogP contribution in [0.2, 0.25) is 0 Å². The summed E-state index contributed by atoms with van der Waals surface area (Å²) in [6.45, 7) is 9.15. The summed E-state index contributed by atoms with van der Waals surface area (Å²) in [6.07, 6.45) is 2.50. The van der Waals surface area contributed by atoms with Gasteiger partial charge in [-0.1, -0.05) is 50.1 Å². The van der Waals surface area contributed by atoms with Crippen LogP contribution in [-0.2, 0) is 4.74 Å². The van der Waals surface area contributed by atoms with E-state index in [0.717, 1.165) is 26.1 Å². The second-order valence-electron chi connectivity index (χ2n) is 4.43. The van der Waals surface area contributed by atoms with E-state index in [9.17, 15) is 0 Å². The minimum atomic E-state index is 0.182. The molecule has 0 heterocycles. The van der Waals surface area contributed by atoms with Gasteiger partial charge in [0.25, 0.3) is 0 Å². The number of unbranched alkanes of at least 4 members (excludes halogenated alkanes) is 1. The third kappa shape index (κ3) is 5.33. The fraction of sp³-hybridized carbons (Fsp3) is 0.600. The lowest BCUT2D eigenvalue weighted by Gasteiger charge is -2.19. The molecule has 1 atom stereocenters. The SMILES string of the molecule is CCCCOC(CNCC)c1ccc(C)cc1. The number of likely N-dealkylation sites (N-methyl/N-ethyl adjacent to an activating group) is 1. The summed E-state index contributed by atoms with van der Waals surface area (Å²) < 4.78 is 5.95. The van der Waals surface area contributed by atoms with Crippen LogP contribution in [0.5, 0.6) is 0 Å². The van der Waals surface area contributed by atoms with E-state index in [2.05, 4.69) is 50.4 Å². The topological polar surface area (TPSA) is 21.3 Å². The average molecular weight is 235 g/mol. The van der Waals surface area contributed by atoms with Crippen LogP contribution in [-0.4, -0.2) is 19.7 Å². The number of aryl methyl sites for hydroxylation is 1. The van der Waals surface area contributed by atoms with Gasteiger partial charge in [0.1, 0.15) is 0 Å². The molecule has 0 aromatic heterocycles. The molecule has 1 unspecified atom stereocenters. The Morgan fingerprint density at radius 1 is 1.18 bits per heavy atom. The minimum absolute atomic E-state index is 0.182. The summed E-state index contributed by atoms with van der Waals surface area (Å²) in [5, 5.41) is 3.36. The van der Waals surface area contributed by atoms with E-state index in [1.807, 2.05) is 0 Å². The maximum Gasteiger partial charge on any atom is 0.0949 e. The highest BCUT2D eigenvalue weighted by atomic mass is 16.5. The molecule has 1 rings (SSSR count). The molecule has 96 valence electrons. The van der Waals surface area contributed by atoms with Gasteiger partial charge in [-0.05, 0) is 25.5 Å². The number of hydrogen-bond acceptors (Lipinski definition) is 2. The van der Waals surface area contributed by atoms with Crippen LogP contribution in [0.3, 0.4) is 0 Å². The van der Waals surface area contributed by atoms with E-state index in [0.29, 0.717) is 0 Å². The molecule has 17 heavy (non-hydrogen) atoms. The van der Waals surface area contributed by atoms with Crippen LogP contribution >= 0.6 is 0 Å². The summed E-state index contributed by atoms with van der Waals surface area (Å²) in [7, 11) is 0. The molecule has 0 aliphatic heterocycles. The Bertz CT molecular complexity index is 294. The molecule has 1 aromatic rings. The number of benzene rings is 1. The first-order valence-corrected chi connectivity index (χ1v) is 6.66. The van der Waals surface area contributed by atoms with Crippen LogP contribution < -0.4 is 5.32 Å². The van der Waals surface area contributed by atoms with E-state index < -0.39 is 0 Å². The molecule has 0 aliphatic rings. The van der Waals surface area contributed by atoms with Crippen molar-refractivity contribution in [2.75, 3.05) is 19.7 Å². The lowest BCUT2D eigenvalue weighted by atomic mass is 10.1. The molecular formula is C15H25NO. The normalized spacial score (nSPS) is 12.6. The highest BCUT2D eigenvalue weighted by Gasteiger charge is 2.10. The van der Waals surface area contributed by atoms with Crippen molar-refractivity contribution >= 4 is 0 Å². The van der Waals surface area contributed by atoms with E-state index in [1.165, 1.54) is 17.5 Å². The van der Waals surface area contributed by atoms with Gasteiger partial charge in [0.05, 0.1) is 6.10 Å². The molecular weight excluding hydrogens is 210 g/mol. The number of ether oxygens (including phenoxy) is 1. The summed E-state index contributed by atoms with van der Waals surface area (Å²) >= 11 is 0. The van der Waals surface area contributed by atoms with E-state index in [4.69, 9.17) is 4.74 Å². The Kier molecular flexibility index (Phi) is 6.90. The predicted molar refractivity (Wildman–Crippen MR) is 73.3 cm³/mol. The predicted octanol–water partition coefficient (Wildman–Crippen LogP) is 3.46. The van der Waals surface area contributed by atoms with Gasteiger partial charge in [-0.3, -0.25) is 0 Å². The van der Waals surface area contributed by atoms with Crippen molar-refractivity contribution in [3.8, 4) is 0 Å². The molecule has 0 aliphatic carbocycles. The first kappa shape index (κ1) is 14.2. The van der Waals surface area contributed by atoms with Crippen LogP contribution in [0, 0.1) is 6.92 Å². The molecule has 0 saturated heterocycles. The van der Waals surface area contributed by atoms with Crippen molar-refractivity contribution in [3.63, 3.8) is 0 Å². The number of hydrogen-bond donors (Lipinski definition) is 1. The molecule has 1 N–H and O–H groups in total. The van der Waals surface area contributed by atoms with Crippen molar-refractivity contribution in [1.29, 1.82) is 0 Å². The fourth-order valence-electron chi connectivity index (χ4n) is 1.70. The van der Waals surface area contributed by atoms with Crippen LogP contribution in [0.4, 0.5) is 0 Å². The maximum absolute atomic E-state index is 5.95. The molecule has 0 bridgehead atoms. The molecule has 0 saturated carbocycles. The highest BCUT2D eigenvalue weighted by Crippen LogP contribution is 2.17. The maximum atomic E-state index is 5.95. The first-order chi connectivity index (χ1) is 8.27. The van der Waals surface area contributed by atoms with E-state index in [1.54, 1.807) is 0 Å². The van der Waals surface area contributed by atoms with Crippen molar-refractivity contribution in [2.45, 2.75) is 39.7 Å².